The standard InChI is InChI=1S/C59H38/c1-59(2)53-12-4-3-11-49(53)50-28-25-43(34-54(50)59)45-31-44(32-46(33-45)48-27-22-42-20-18-38-8-6-10-40-24-30-52(48)58(42)56(38)40)35-13-15-36(16-14-35)47-26-21-41-19-17-37-7-5-9-39-23-29-51(47)57(41)55(37)39/h3-34H,1-2H3/i1D3,2D3,3D,4D,5D,6D,7D,8D,9D,10D,11D,12D,13D,14D,15D,16D,17D,18D,19D,20D,21D,22D,23D,24D,25D,26D,27D,28D,29D,30D,31D,32D,33D,34D. The van der Waals surface area contributed by atoms with Gasteiger partial charge in [-0.25, -0.2) is 0 Å². The van der Waals surface area contributed by atoms with Gasteiger partial charge in [0.05, 0.1) is 43.9 Å². The Balaban J connectivity index is 1.26. The molecule has 0 bridgehead atoms. The van der Waals surface area contributed by atoms with Crippen LogP contribution in [0.4, 0.5) is 0 Å². The Morgan fingerprint density at radius 1 is 0.305 bits per heavy atom. The highest BCUT2D eigenvalue weighted by Crippen LogP contribution is 2.50. The number of fused-ring (bicyclic) bond motifs is 3. The quantitative estimate of drug-likeness (QED) is 0.156. The molecule has 0 nitrogen and oxygen atoms in total. The highest BCUT2D eigenvalue weighted by atomic mass is 14.4. The highest BCUT2D eigenvalue weighted by molar-refractivity contribution is 6.26. The zero-order valence-electron chi connectivity index (χ0n) is 67.5. The van der Waals surface area contributed by atoms with E-state index in [1.54, 1.807) is 0 Å². The largest absolute Gasteiger partial charge is 0.0636 e. The van der Waals surface area contributed by atoms with E-state index in [0.717, 1.165) is 0 Å². The van der Waals surface area contributed by atoms with Gasteiger partial charge in [0.1, 0.15) is 0 Å². The molecule has 0 atom stereocenters. The predicted molar refractivity (Wildman–Crippen MR) is 253 cm³/mol. The zero-order chi connectivity index (χ0) is 71.8. The molecule has 0 amide bonds. The van der Waals surface area contributed by atoms with E-state index in [1.807, 2.05) is 0 Å². The molecule has 13 rings (SSSR count). The van der Waals surface area contributed by atoms with Crippen LogP contribution in [0.15, 0.2) is 193 Å². The van der Waals surface area contributed by atoms with Gasteiger partial charge in [0.25, 0.3) is 0 Å². The molecule has 1 aliphatic carbocycles. The first-order valence-corrected chi connectivity index (χ1v) is 17.8. The molecule has 0 heterocycles. The molecule has 1 aliphatic rings. The fourth-order valence-corrected chi connectivity index (χ4v) is 7.81. The third kappa shape index (κ3) is 4.66. The van der Waals surface area contributed by atoms with Gasteiger partial charge < -0.3 is 0 Å². The first kappa shape index (κ1) is 12.9. The number of rotatable bonds is 4. The lowest BCUT2D eigenvalue weighted by atomic mass is 9.81. The van der Waals surface area contributed by atoms with Crippen molar-refractivity contribution in [3.05, 3.63) is 204 Å². The van der Waals surface area contributed by atoms with E-state index in [9.17, 15) is 26.0 Å². The monoisotopic (exact) mass is 785 g/mol. The third-order valence-corrected chi connectivity index (χ3v) is 10.5. The van der Waals surface area contributed by atoms with E-state index in [2.05, 4.69) is 0 Å². The molecule has 0 radical (unpaired) electrons. The maximum absolute atomic E-state index is 10.3. The minimum Gasteiger partial charge on any atom is -0.0619 e. The molecule has 0 aliphatic heterocycles. The van der Waals surface area contributed by atoms with Gasteiger partial charge in [-0.2, -0.15) is 0 Å². The number of hydrogen-bond acceptors (Lipinski definition) is 0. The Kier molecular flexibility index (Phi) is 2.59. The summed E-state index contributed by atoms with van der Waals surface area (Å²) in [6.45, 7) is -8.06. The second-order valence-corrected chi connectivity index (χ2v) is 13.8. The van der Waals surface area contributed by atoms with Gasteiger partial charge in [-0.3, -0.25) is 0 Å². The summed E-state index contributed by atoms with van der Waals surface area (Å²) in [5.74, 6) is 0. The maximum Gasteiger partial charge on any atom is 0.0636 e. The smallest absolute Gasteiger partial charge is 0.0619 e. The molecular formula is C59H38. The second-order valence-electron chi connectivity index (χ2n) is 13.8. The molecule has 0 N–H and O–H groups in total. The van der Waals surface area contributed by atoms with Crippen molar-refractivity contribution < 1.29 is 52.1 Å². The lowest BCUT2D eigenvalue weighted by Crippen LogP contribution is -2.14. The summed E-state index contributed by atoms with van der Waals surface area (Å²) in [6.07, 6.45) is 0. The first-order chi connectivity index (χ1) is 44.9. The molecule has 0 aromatic heterocycles. The fourth-order valence-electron chi connectivity index (χ4n) is 7.81. The van der Waals surface area contributed by atoms with Gasteiger partial charge in [-0.15, -0.1) is 0 Å². The Labute approximate surface area is 396 Å². The van der Waals surface area contributed by atoms with E-state index in [0.29, 0.717) is 0 Å². The van der Waals surface area contributed by atoms with Gasteiger partial charge in [0, 0.05) is 13.6 Å². The molecule has 12 aromatic rings. The van der Waals surface area contributed by atoms with E-state index in [1.165, 1.54) is 0 Å². The fraction of sp³-hybridized carbons (Fsp3) is 0.0508. The highest BCUT2D eigenvalue weighted by Gasteiger charge is 2.35. The van der Waals surface area contributed by atoms with Gasteiger partial charge in [-0.1, -0.05) is 183 Å². The summed E-state index contributed by atoms with van der Waals surface area (Å²) in [6, 6.07) is -34.4. The second kappa shape index (κ2) is 11.9. The summed E-state index contributed by atoms with van der Waals surface area (Å²) in [5.41, 5.74) is -17.1. The van der Waals surface area contributed by atoms with Gasteiger partial charge in [-0.05, 0) is 156 Å². The number of hydrogen-bond donors (Lipinski definition) is 0. The lowest BCUT2D eigenvalue weighted by Gasteiger charge is -2.22. The van der Waals surface area contributed by atoms with E-state index >= 15 is 0 Å². The summed E-state index contributed by atoms with van der Waals surface area (Å²) >= 11 is 0. The van der Waals surface area contributed by atoms with E-state index in [4.69, 9.17) is 26.0 Å². The molecule has 59 heavy (non-hydrogen) atoms. The summed E-state index contributed by atoms with van der Waals surface area (Å²) < 4.78 is 353. The van der Waals surface area contributed by atoms with Crippen LogP contribution in [0.25, 0.3) is 120 Å². The molecule has 0 spiro atoms. The topological polar surface area (TPSA) is 0 Å². The van der Waals surface area contributed by atoms with Crippen LogP contribution in [0.3, 0.4) is 0 Å². The van der Waals surface area contributed by atoms with Crippen LogP contribution in [0, 0.1) is 0 Å². The van der Waals surface area contributed by atoms with E-state index in [-0.39, 0.29) is 5.39 Å². The third-order valence-electron chi connectivity index (χ3n) is 10.5. The predicted octanol–water partition coefficient (Wildman–Crippen LogP) is 16.5. The van der Waals surface area contributed by atoms with Crippen LogP contribution in [0.1, 0.15) is 76.9 Å². The average Bonchev–Trinajstić information content (AvgIpc) is 1.61. The van der Waals surface area contributed by atoms with Crippen molar-refractivity contribution in [2.45, 2.75) is 19.1 Å². The SMILES string of the molecule is [2H]c1c([2H])c([2H])c2c(c1[2H])-c1c([2H])c([2H])c(-c3c([2H])c(-c4c([2H])c([2H])c(-c5c([2H])c([2H])c6c([2H])c([2H])c7c([2H])c([2H])c([2H])c8c([2H])c([2H])c5c6c78)c([2H])c4[2H])c([2H])c(-c4c([2H])c([2H])c5c([2H])c([2H])c6c([2H])c([2H])c([2H])c7c([2H])c([2H])c4c5c67)c3[2H])c([2H])c1C2(C([2H])([2H])[2H])C([2H])([2H])[2H]. The molecule has 0 unspecified atom stereocenters. The van der Waals surface area contributed by atoms with Gasteiger partial charge in [0.15, 0.2) is 0 Å². The average molecular weight is 785 g/mol. The molecule has 0 saturated carbocycles. The molecule has 12 aromatic carbocycles. The zero-order valence-corrected chi connectivity index (χ0v) is 29.5. The van der Waals surface area contributed by atoms with Crippen LogP contribution >= 0.6 is 0 Å². The minimum atomic E-state index is -4.03. The van der Waals surface area contributed by atoms with E-state index < -0.39 is 338 Å². The molecule has 0 fully saturated rings. The Hall–Kier alpha value is -7.28. The normalized spacial score (nSPS) is 22.9. The molecule has 0 heteroatoms. The Bertz CT molecular complexity index is 5710. The van der Waals surface area contributed by atoms with Crippen LogP contribution in [0.2, 0.25) is 0 Å². The van der Waals surface area contributed by atoms with Crippen molar-refractivity contribution in [3.63, 3.8) is 0 Å². The van der Waals surface area contributed by atoms with Crippen molar-refractivity contribution >= 4 is 64.6 Å². The van der Waals surface area contributed by atoms with Gasteiger partial charge >= 0.3 is 0 Å². The molecule has 274 valence electrons. The van der Waals surface area contributed by atoms with Crippen molar-refractivity contribution in [3.8, 4) is 55.6 Å². The van der Waals surface area contributed by atoms with Crippen LogP contribution in [0.5, 0.6) is 0 Å². The summed E-state index contributed by atoms with van der Waals surface area (Å²) in [4.78, 5) is 0. The Morgan fingerprint density at radius 3 is 1.36 bits per heavy atom. The van der Waals surface area contributed by atoms with Crippen molar-refractivity contribution in [1.82, 2.24) is 0 Å². The Morgan fingerprint density at radius 2 is 0.746 bits per heavy atom. The summed E-state index contributed by atoms with van der Waals surface area (Å²) in [7, 11) is 0. The van der Waals surface area contributed by atoms with Crippen molar-refractivity contribution in [2.24, 2.45) is 0 Å². The van der Waals surface area contributed by atoms with Crippen LogP contribution in [-0.2, 0) is 5.41 Å². The van der Waals surface area contributed by atoms with Crippen molar-refractivity contribution in [2.75, 3.05) is 0 Å². The van der Waals surface area contributed by atoms with Crippen LogP contribution < -0.4 is 0 Å². The molecular weight excluding hydrogens is 709 g/mol. The maximum atomic E-state index is 10.3. The van der Waals surface area contributed by atoms with Gasteiger partial charge in [0.2, 0.25) is 0 Å². The number of benzene rings is 12. The minimum absolute atomic E-state index is 0.371. The molecule has 0 saturated heterocycles. The lowest BCUT2D eigenvalue weighted by molar-refractivity contribution is 0.660. The van der Waals surface area contributed by atoms with Crippen molar-refractivity contribution in [1.29, 1.82) is 0 Å². The van der Waals surface area contributed by atoms with Crippen LogP contribution in [-0.4, -0.2) is 0 Å². The summed E-state index contributed by atoms with van der Waals surface area (Å²) in [5, 5.41) is -6.57. The first-order valence-electron chi connectivity index (χ1n) is 36.8.